The quantitative estimate of drug-likeness (QED) is 0.263. The SMILES string of the molecule is CCNC(=O)N(C)C(C)CC(N)=NO. The first-order valence-electron chi connectivity index (χ1n) is 4.50. The van der Waals surface area contributed by atoms with Gasteiger partial charge in [-0.15, -0.1) is 0 Å². The highest BCUT2D eigenvalue weighted by atomic mass is 16.4. The standard InChI is InChI=1S/C8H18N4O2/c1-4-10-8(13)12(3)6(2)5-7(9)11-14/h6,14H,4-5H2,1-3H3,(H2,9,11)(H,10,13). The summed E-state index contributed by atoms with van der Waals surface area (Å²) in [4.78, 5) is 12.8. The van der Waals surface area contributed by atoms with Crippen molar-refractivity contribution in [2.75, 3.05) is 13.6 Å². The number of rotatable bonds is 4. The molecule has 6 nitrogen and oxygen atoms in total. The zero-order chi connectivity index (χ0) is 11.1. The molecule has 0 fully saturated rings. The van der Waals surface area contributed by atoms with Crippen LogP contribution in [-0.2, 0) is 0 Å². The molecule has 0 aromatic carbocycles. The Morgan fingerprint density at radius 2 is 2.29 bits per heavy atom. The second kappa shape index (κ2) is 6.06. The predicted octanol–water partition coefficient (Wildman–Crippen LogP) is 0.173. The highest BCUT2D eigenvalue weighted by molar-refractivity contribution is 5.81. The summed E-state index contributed by atoms with van der Waals surface area (Å²) in [7, 11) is 1.67. The van der Waals surface area contributed by atoms with Crippen LogP contribution in [0, 0.1) is 0 Å². The van der Waals surface area contributed by atoms with Crippen molar-refractivity contribution in [2.45, 2.75) is 26.3 Å². The van der Waals surface area contributed by atoms with Crippen LogP contribution in [-0.4, -0.2) is 41.6 Å². The molecule has 14 heavy (non-hydrogen) atoms. The average molecular weight is 202 g/mol. The van der Waals surface area contributed by atoms with Crippen LogP contribution in [0.25, 0.3) is 0 Å². The maximum absolute atomic E-state index is 11.3. The molecule has 0 aromatic rings. The molecule has 4 N–H and O–H groups in total. The minimum absolute atomic E-state index is 0.0996. The summed E-state index contributed by atoms with van der Waals surface area (Å²) in [6.45, 7) is 4.26. The van der Waals surface area contributed by atoms with Crippen molar-refractivity contribution in [3.63, 3.8) is 0 Å². The molecule has 0 aliphatic heterocycles. The van der Waals surface area contributed by atoms with Gasteiger partial charge < -0.3 is 21.2 Å². The van der Waals surface area contributed by atoms with E-state index in [1.165, 1.54) is 4.90 Å². The van der Waals surface area contributed by atoms with Gasteiger partial charge in [-0.25, -0.2) is 4.79 Å². The van der Waals surface area contributed by atoms with Crippen molar-refractivity contribution in [3.05, 3.63) is 0 Å². The van der Waals surface area contributed by atoms with Crippen LogP contribution in [0.4, 0.5) is 4.79 Å². The molecule has 0 aliphatic carbocycles. The van der Waals surface area contributed by atoms with Gasteiger partial charge in [0.1, 0.15) is 5.84 Å². The number of amidine groups is 1. The molecule has 1 unspecified atom stereocenters. The Labute approximate surface area is 83.7 Å². The summed E-state index contributed by atoms with van der Waals surface area (Å²) >= 11 is 0. The molecule has 0 radical (unpaired) electrons. The van der Waals surface area contributed by atoms with Gasteiger partial charge in [-0.2, -0.15) is 0 Å². The third kappa shape index (κ3) is 3.97. The van der Waals surface area contributed by atoms with Crippen LogP contribution in [0.5, 0.6) is 0 Å². The molecule has 0 aliphatic rings. The second-order valence-electron chi connectivity index (χ2n) is 3.09. The Hall–Kier alpha value is -1.46. The Bertz CT molecular complexity index is 217. The van der Waals surface area contributed by atoms with Crippen LogP contribution in [0.3, 0.4) is 0 Å². The minimum Gasteiger partial charge on any atom is -0.409 e. The van der Waals surface area contributed by atoms with Crippen molar-refractivity contribution < 1.29 is 10.0 Å². The Balaban J connectivity index is 4.11. The normalized spacial score (nSPS) is 13.5. The van der Waals surface area contributed by atoms with E-state index >= 15 is 0 Å². The number of carbonyl (C=O) groups excluding carboxylic acids is 1. The lowest BCUT2D eigenvalue weighted by Gasteiger charge is -2.24. The lowest BCUT2D eigenvalue weighted by atomic mass is 10.2. The Morgan fingerprint density at radius 3 is 2.71 bits per heavy atom. The molecule has 0 heterocycles. The molecule has 0 saturated heterocycles. The summed E-state index contributed by atoms with van der Waals surface area (Å²) in [5.74, 6) is 0.119. The number of amides is 2. The number of nitrogens with zero attached hydrogens (tertiary/aromatic N) is 2. The van der Waals surface area contributed by atoms with E-state index in [1.54, 1.807) is 7.05 Å². The minimum atomic E-state index is -0.161. The van der Waals surface area contributed by atoms with E-state index in [1.807, 2.05) is 13.8 Å². The molecule has 2 amide bonds. The first-order valence-corrected chi connectivity index (χ1v) is 4.50. The number of hydrogen-bond donors (Lipinski definition) is 3. The first kappa shape index (κ1) is 12.5. The average Bonchev–Trinajstić information content (AvgIpc) is 2.16. The fourth-order valence-electron chi connectivity index (χ4n) is 0.957. The van der Waals surface area contributed by atoms with E-state index in [-0.39, 0.29) is 17.9 Å². The number of hydrogen-bond acceptors (Lipinski definition) is 3. The summed E-state index contributed by atoms with van der Waals surface area (Å²) in [6.07, 6.45) is 0.351. The number of urea groups is 1. The van der Waals surface area contributed by atoms with Gasteiger partial charge in [-0.05, 0) is 13.8 Å². The van der Waals surface area contributed by atoms with Gasteiger partial charge in [0.2, 0.25) is 0 Å². The van der Waals surface area contributed by atoms with Gasteiger partial charge in [-0.3, -0.25) is 0 Å². The maximum Gasteiger partial charge on any atom is 0.317 e. The summed E-state index contributed by atoms with van der Waals surface area (Å²) in [5, 5.41) is 13.9. The van der Waals surface area contributed by atoms with Crippen LogP contribution < -0.4 is 11.1 Å². The molecule has 0 aromatic heterocycles. The van der Waals surface area contributed by atoms with Gasteiger partial charge in [0.15, 0.2) is 0 Å². The first-order chi connectivity index (χ1) is 6.52. The summed E-state index contributed by atoms with van der Waals surface area (Å²) in [5.41, 5.74) is 5.33. The smallest absolute Gasteiger partial charge is 0.317 e. The van der Waals surface area contributed by atoms with E-state index in [9.17, 15) is 4.79 Å². The van der Waals surface area contributed by atoms with E-state index in [2.05, 4.69) is 10.5 Å². The molecule has 0 rings (SSSR count). The fourth-order valence-corrected chi connectivity index (χ4v) is 0.957. The maximum atomic E-state index is 11.3. The fraction of sp³-hybridized carbons (Fsp3) is 0.750. The summed E-state index contributed by atoms with van der Waals surface area (Å²) < 4.78 is 0. The summed E-state index contributed by atoms with van der Waals surface area (Å²) in [6, 6.07) is -0.261. The van der Waals surface area contributed by atoms with Gasteiger partial charge in [-0.1, -0.05) is 5.16 Å². The Kier molecular flexibility index (Phi) is 5.43. The van der Waals surface area contributed by atoms with Crippen LogP contribution in [0.2, 0.25) is 0 Å². The molecular formula is C8H18N4O2. The van der Waals surface area contributed by atoms with Crippen LogP contribution in [0.15, 0.2) is 5.16 Å². The molecule has 0 saturated carbocycles. The second-order valence-corrected chi connectivity index (χ2v) is 3.09. The number of oxime groups is 1. The third-order valence-corrected chi connectivity index (χ3v) is 1.94. The molecule has 6 heteroatoms. The predicted molar refractivity (Wildman–Crippen MR) is 54.3 cm³/mol. The van der Waals surface area contributed by atoms with Crippen molar-refractivity contribution in [3.8, 4) is 0 Å². The molecular weight excluding hydrogens is 184 g/mol. The van der Waals surface area contributed by atoms with Crippen molar-refractivity contribution in [2.24, 2.45) is 10.9 Å². The highest BCUT2D eigenvalue weighted by Crippen LogP contribution is 2.00. The number of nitrogens with one attached hydrogen (secondary N) is 1. The van der Waals surface area contributed by atoms with Crippen molar-refractivity contribution in [1.29, 1.82) is 0 Å². The number of carbonyl (C=O) groups is 1. The van der Waals surface area contributed by atoms with Crippen molar-refractivity contribution >= 4 is 11.9 Å². The largest absolute Gasteiger partial charge is 0.409 e. The van der Waals surface area contributed by atoms with E-state index in [4.69, 9.17) is 10.9 Å². The lowest BCUT2D eigenvalue weighted by molar-refractivity contribution is 0.195. The van der Waals surface area contributed by atoms with Crippen LogP contribution in [0.1, 0.15) is 20.3 Å². The van der Waals surface area contributed by atoms with Gasteiger partial charge in [0.25, 0.3) is 0 Å². The third-order valence-electron chi connectivity index (χ3n) is 1.94. The number of nitrogens with two attached hydrogens (primary N) is 1. The molecule has 0 spiro atoms. The monoisotopic (exact) mass is 202 g/mol. The van der Waals surface area contributed by atoms with Gasteiger partial charge in [0, 0.05) is 26.1 Å². The zero-order valence-corrected chi connectivity index (χ0v) is 8.82. The highest BCUT2D eigenvalue weighted by Gasteiger charge is 2.15. The molecule has 1 atom stereocenters. The zero-order valence-electron chi connectivity index (χ0n) is 8.82. The van der Waals surface area contributed by atoms with Crippen molar-refractivity contribution in [1.82, 2.24) is 10.2 Å². The molecule has 82 valence electrons. The van der Waals surface area contributed by atoms with Gasteiger partial charge in [0.05, 0.1) is 0 Å². The van der Waals surface area contributed by atoms with Gasteiger partial charge >= 0.3 is 6.03 Å². The van der Waals surface area contributed by atoms with Crippen LogP contribution >= 0.6 is 0 Å². The Morgan fingerprint density at radius 1 is 1.71 bits per heavy atom. The van der Waals surface area contributed by atoms with E-state index < -0.39 is 0 Å². The van der Waals surface area contributed by atoms with E-state index in [0.717, 1.165) is 0 Å². The lowest BCUT2D eigenvalue weighted by Crippen LogP contribution is -2.43. The topological polar surface area (TPSA) is 91.0 Å². The molecule has 0 bridgehead atoms. The van der Waals surface area contributed by atoms with E-state index in [0.29, 0.717) is 13.0 Å².